The maximum absolute atomic E-state index is 14.4. The number of amides is 2. The lowest BCUT2D eigenvalue weighted by molar-refractivity contribution is -0.140. The van der Waals surface area contributed by atoms with Crippen LogP contribution in [0, 0.1) is 0 Å². The molecule has 0 aliphatic heterocycles. The summed E-state index contributed by atoms with van der Waals surface area (Å²) >= 11 is 0. The fourth-order valence-corrected chi connectivity index (χ4v) is 7.19. The van der Waals surface area contributed by atoms with Gasteiger partial charge in [0.15, 0.2) is 11.5 Å². The Morgan fingerprint density at radius 3 is 2.19 bits per heavy atom. The molecule has 1 atom stereocenters. The van der Waals surface area contributed by atoms with Crippen LogP contribution in [0.4, 0.5) is 5.69 Å². The minimum atomic E-state index is -4.33. The lowest BCUT2D eigenvalue weighted by Crippen LogP contribution is -2.53. The van der Waals surface area contributed by atoms with Crippen molar-refractivity contribution in [3.63, 3.8) is 0 Å². The van der Waals surface area contributed by atoms with Crippen molar-refractivity contribution in [2.75, 3.05) is 38.8 Å². The van der Waals surface area contributed by atoms with E-state index < -0.39 is 28.5 Å². The molecule has 0 unspecified atom stereocenters. The maximum Gasteiger partial charge on any atom is 0.264 e. The van der Waals surface area contributed by atoms with Gasteiger partial charge in [-0.1, -0.05) is 31.9 Å². The number of carbonyl (C=O) groups is 2. The first-order valence-electron chi connectivity index (χ1n) is 15.9. The lowest BCUT2D eigenvalue weighted by atomic mass is 10.1. The van der Waals surface area contributed by atoms with Gasteiger partial charge < -0.3 is 29.2 Å². The van der Waals surface area contributed by atoms with Crippen LogP contribution < -0.4 is 28.6 Å². The molecule has 0 spiro atoms. The van der Waals surface area contributed by atoms with Gasteiger partial charge >= 0.3 is 0 Å². The summed E-state index contributed by atoms with van der Waals surface area (Å²) in [6, 6.07) is 17.2. The second-order valence-electron chi connectivity index (χ2n) is 11.2. The Hall–Kier alpha value is -4.45. The number of carbonyl (C=O) groups excluding carboxylic acids is 2. The molecular weight excluding hydrogens is 622 g/mol. The van der Waals surface area contributed by atoms with Gasteiger partial charge in [0.2, 0.25) is 11.8 Å². The fraction of sp³-hybridized carbons (Fsp3) is 0.429. The molecule has 11 nitrogen and oxygen atoms in total. The predicted octanol–water partition coefficient (Wildman–Crippen LogP) is 5.17. The number of hydrogen-bond donors (Lipinski definition) is 1. The molecule has 254 valence electrons. The van der Waals surface area contributed by atoms with Crippen molar-refractivity contribution in [2.24, 2.45) is 0 Å². The number of anilines is 1. The first-order valence-corrected chi connectivity index (χ1v) is 17.3. The van der Waals surface area contributed by atoms with E-state index in [1.165, 1.54) is 37.3 Å². The average molecular weight is 668 g/mol. The molecule has 3 aromatic rings. The highest BCUT2D eigenvalue weighted by Crippen LogP contribution is 2.33. The van der Waals surface area contributed by atoms with E-state index >= 15 is 0 Å². The van der Waals surface area contributed by atoms with Crippen LogP contribution in [0.25, 0.3) is 0 Å². The number of hydrogen-bond acceptors (Lipinski definition) is 8. The van der Waals surface area contributed by atoms with E-state index in [4.69, 9.17) is 18.9 Å². The van der Waals surface area contributed by atoms with E-state index in [0.717, 1.165) is 35.6 Å². The van der Waals surface area contributed by atoms with Crippen molar-refractivity contribution in [3.05, 3.63) is 72.3 Å². The van der Waals surface area contributed by atoms with Crippen molar-refractivity contribution in [1.82, 2.24) is 10.2 Å². The molecule has 1 aliphatic rings. The fourth-order valence-electron chi connectivity index (χ4n) is 5.76. The summed E-state index contributed by atoms with van der Waals surface area (Å²) in [5.74, 6) is 0.940. The Kier molecular flexibility index (Phi) is 12.4. The van der Waals surface area contributed by atoms with E-state index in [0.29, 0.717) is 30.3 Å². The maximum atomic E-state index is 14.4. The molecular formula is C35H45N3O8S. The monoisotopic (exact) mass is 667 g/mol. The molecule has 0 aromatic heterocycles. The first-order chi connectivity index (χ1) is 22.6. The molecule has 4 rings (SSSR count). The second-order valence-corrected chi connectivity index (χ2v) is 13.1. The van der Waals surface area contributed by atoms with Gasteiger partial charge in [0.05, 0.1) is 38.5 Å². The number of sulfonamides is 1. The molecule has 0 heterocycles. The minimum Gasteiger partial charge on any atom is -0.497 e. The Bertz CT molecular complexity index is 1610. The normalized spacial score (nSPS) is 13.8. The summed E-state index contributed by atoms with van der Waals surface area (Å²) in [5.41, 5.74) is 0.988. The van der Waals surface area contributed by atoms with Gasteiger partial charge in [-0.25, -0.2) is 8.42 Å². The highest BCUT2D eigenvalue weighted by molar-refractivity contribution is 7.92. The average Bonchev–Trinajstić information content (AvgIpc) is 3.60. The zero-order chi connectivity index (χ0) is 34.0. The summed E-state index contributed by atoms with van der Waals surface area (Å²) in [6.07, 6.45) is 4.19. The van der Waals surface area contributed by atoms with Gasteiger partial charge in [-0.05, 0) is 80.3 Å². The summed E-state index contributed by atoms with van der Waals surface area (Å²) < 4.78 is 51.4. The van der Waals surface area contributed by atoms with Gasteiger partial charge in [-0.15, -0.1) is 0 Å². The van der Waals surface area contributed by atoms with Crippen molar-refractivity contribution in [2.45, 2.75) is 69.5 Å². The lowest BCUT2D eigenvalue weighted by Gasteiger charge is -2.34. The highest BCUT2D eigenvalue weighted by atomic mass is 32.2. The second kappa shape index (κ2) is 16.4. The Balaban J connectivity index is 1.76. The zero-order valence-corrected chi connectivity index (χ0v) is 28.5. The minimum absolute atomic E-state index is 0.0519. The van der Waals surface area contributed by atoms with Crippen molar-refractivity contribution in [3.8, 4) is 23.0 Å². The Morgan fingerprint density at radius 1 is 0.872 bits per heavy atom. The third-order valence-electron chi connectivity index (χ3n) is 8.23. The standard InChI is InChI=1S/C35H45N3O8S/c1-6-31(35(40)36-26-12-8-9-13-26)37(23-25-11-10-14-29(21-25)43-3)34(39)24-38(27-15-17-28(18-16-27)46-7-2)47(41,42)30-19-20-32(44-4)33(22-30)45-5/h10-11,14-22,26,31H,6-9,12-13,23-24H2,1-5H3,(H,36,40)/t31-/m1/s1. The molecule has 1 aliphatic carbocycles. The third-order valence-corrected chi connectivity index (χ3v) is 10.0. The van der Waals surface area contributed by atoms with Gasteiger partial charge in [0.1, 0.15) is 24.1 Å². The van der Waals surface area contributed by atoms with E-state index in [2.05, 4.69) is 5.32 Å². The number of ether oxygens (including phenoxy) is 4. The number of nitrogens with zero attached hydrogens (tertiary/aromatic N) is 2. The van der Waals surface area contributed by atoms with E-state index in [1.54, 1.807) is 43.5 Å². The highest BCUT2D eigenvalue weighted by Gasteiger charge is 2.35. The Morgan fingerprint density at radius 2 is 1.57 bits per heavy atom. The summed E-state index contributed by atoms with van der Waals surface area (Å²) in [4.78, 5) is 29.5. The van der Waals surface area contributed by atoms with Gasteiger partial charge in [-0.3, -0.25) is 13.9 Å². The quantitative estimate of drug-likeness (QED) is 0.222. The molecule has 1 fully saturated rings. The summed E-state index contributed by atoms with van der Waals surface area (Å²) in [5, 5.41) is 3.13. The van der Waals surface area contributed by atoms with Crippen LogP contribution in [-0.4, -0.2) is 71.7 Å². The van der Waals surface area contributed by atoms with Crippen LogP contribution in [0.5, 0.6) is 23.0 Å². The van der Waals surface area contributed by atoms with E-state index in [-0.39, 0.29) is 34.8 Å². The number of methoxy groups -OCH3 is 3. The van der Waals surface area contributed by atoms with Crippen molar-refractivity contribution in [1.29, 1.82) is 0 Å². The van der Waals surface area contributed by atoms with Gasteiger partial charge in [0, 0.05) is 18.7 Å². The molecule has 12 heteroatoms. The Labute approximate surface area is 277 Å². The first kappa shape index (κ1) is 35.4. The molecule has 0 saturated heterocycles. The van der Waals surface area contributed by atoms with Crippen LogP contribution >= 0.6 is 0 Å². The molecule has 1 N–H and O–H groups in total. The molecule has 1 saturated carbocycles. The van der Waals surface area contributed by atoms with Crippen LogP contribution in [0.2, 0.25) is 0 Å². The molecule has 3 aromatic carbocycles. The third kappa shape index (κ3) is 8.68. The van der Waals surface area contributed by atoms with Crippen LogP contribution in [-0.2, 0) is 26.2 Å². The van der Waals surface area contributed by atoms with Crippen molar-refractivity contribution < 1.29 is 37.0 Å². The molecule has 0 bridgehead atoms. The van der Waals surface area contributed by atoms with Crippen LogP contribution in [0.3, 0.4) is 0 Å². The summed E-state index contributed by atoms with van der Waals surface area (Å²) in [6.45, 7) is 3.63. The SMILES string of the molecule is CCOc1ccc(N(CC(=O)N(Cc2cccc(OC)c2)[C@H](CC)C(=O)NC2CCCC2)S(=O)(=O)c2ccc(OC)c(OC)c2)cc1. The van der Waals surface area contributed by atoms with Crippen LogP contribution in [0.1, 0.15) is 51.5 Å². The zero-order valence-electron chi connectivity index (χ0n) is 27.7. The number of rotatable bonds is 16. The number of benzene rings is 3. The molecule has 2 amide bonds. The van der Waals surface area contributed by atoms with Gasteiger partial charge in [-0.2, -0.15) is 0 Å². The molecule has 47 heavy (non-hydrogen) atoms. The predicted molar refractivity (Wildman–Crippen MR) is 180 cm³/mol. The largest absolute Gasteiger partial charge is 0.497 e. The smallest absolute Gasteiger partial charge is 0.264 e. The molecule has 0 radical (unpaired) electrons. The topological polar surface area (TPSA) is 124 Å². The van der Waals surface area contributed by atoms with Crippen molar-refractivity contribution >= 4 is 27.5 Å². The van der Waals surface area contributed by atoms with Gasteiger partial charge in [0.25, 0.3) is 10.0 Å². The van der Waals surface area contributed by atoms with Crippen LogP contribution in [0.15, 0.2) is 71.6 Å². The summed E-state index contributed by atoms with van der Waals surface area (Å²) in [7, 11) is 0.0997. The number of nitrogens with one attached hydrogen (secondary N) is 1. The van der Waals surface area contributed by atoms with E-state index in [9.17, 15) is 18.0 Å². The van der Waals surface area contributed by atoms with E-state index in [1.807, 2.05) is 26.0 Å².